The van der Waals surface area contributed by atoms with Crippen molar-refractivity contribution in [2.75, 3.05) is 7.05 Å². The van der Waals surface area contributed by atoms with E-state index in [-0.39, 0.29) is 5.82 Å². The van der Waals surface area contributed by atoms with Gasteiger partial charge in [0.05, 0.1) is 0 Å². The smallest absolute Gasteiger partial charge is 0.159 e. The van der Waals surface area contributed by atoms with E-state index in [2.05, 4.69) is 31.2 Å². The summed E-state index contributed by atoms with van der Waals surface area (Å²) < 4.78 is 14.1. The Morgan fingerprint density at radius 1 is 1.16 bits per heavy atom. The molecule has 3 nitrogen and oxygen atoms in total. The molecule has 0 radical (unpaired) electrons. The monoisotopic (exact) mass is 323 g/mol. The fraction of sp³-hybridized carbons (Fsp3) is 0.286. The van der Waals surface area contributed by atoms with Gasteiger partial charge in [-0.1, -0.05) is 15.9 Å². The summed E-state index contributed by atoms with van der Waals surface area (Å²) in [6.07, 6.45) is 0. The fourth-order valence-corrected chi connectivity index (χ4v) is 2.45. The summed E-state index contributed by atoms with van der Waals surface area (Å²) in [5.74, 6) is 0.248. The quantitative estimate of drug-likeness (QED) is 0.940. The second kappa shape index (κ2) is 5.75. The minimum Gasteiger partial charge on any atom is -0.316 e. The maximum atomic E-state index is 13.4. The van der Waals surface area contributed by atoms with Gasteiger partial charge in [-0.3, -0.25) is 0 Å². The summed E-state index contributed by atoms with van der Waals surface area (Å²) in [4.78, 5) is 8.93. The Morgan fingerprint density at radius 2 is 1.79 bits per heavy atom. The number of halogens is 2. The first-order valence-electron chi connectivity index (χ1n) is 5.96. The van der Waals surface area contributed by atoms with Gasteiger partial charge < -0.3 is 5.32 Å². The Balaban J connectivity index is 2.51. The van der Waals surface area contributed by atoms with Crippen molar-refractivity contribution in [2.24, 2.45) is 0 Å². The highest BCUT2D eigenvalue weighted by atomic mass is 79.9. The van der Waals surface area contributed by atoms with Gasteiger partial charge in [-0.15, -0.1) is 0 Å². The van der Waals surface area contributed by atoms with Gasteiger partial charge in [-0.2, -0.15) is 0 Å². The lowest BCUT2D eigenvalue weighted by Gasteiger charge is -2.10. The molecule has 0 amide bonds. The molecule has 0 aliphatic carbocycles. The molecule has 19 heavy (non-hydrogen) atoms. The first-order chi connectivity index (χ1) is 9.01. The summed E-state index contributed by atoms with van der Waals surface area (Å²) in [6.45, 7) is 4.61. The second-order valence-corrected chi connectivity index (χ2v) is 5.30. The van der Waals surface area contributed by atoms with Gasteiger partial charge in [-0.25, -0.2) is 14.4 Å². The van der Waals surface area contributed by atoms with Gasteiger partial charge in [0.1, 0.15) is 5.82 Å². The van der Waals surface area contributed by atoms with Crippen LogP contribution in [0.2, 0.25) is 0 Å². The zero-order valence-electron chi connectivity index (χ0n) is 11.1. The predicted octanol–water partition coefficient (Wildman–Crippen LogP) is 3.38. The first-order valence-corrected chi connectivity index (χ1v) is 6.75. The van der Waals surface area contributed by atoms with Gasteiger partial charge in [-0.05, 0) is 39.1 Å². The molecule has 1 aromatic heterocycles. The topological polar surface area (TPSA) is 37.8 Å². The van der Waals surface area contributed by atoms with Crippen LogP contribution >= 0.6 is 15.9 Å². The summed E-state index contributed by atoms with van der Waals surface area (Å²) in [5, 5.41) is 3.10. The predicted molar refractivity (Wildman–Crippen MR) is 77.4 cm³/mol. The molecule has 1 heterocycles. The Hall–Kier alpha value is -1.33. The van der Waals surface area contributed by atoms with E-state index < -0.39 is 0 Å². The van der Waals surface area contributed by atoms with Crippen LogP contribution in [-0.2, 0) is 6.54 Å². The van der Waals surface area contributed by atoms with Gasteiger partial charge in [0.15, 0.2) is 5.82 Å². The lowest BCUT2D eigenvalue weighted by Crippen LogP contribution is -2.11. The number of aryl methyl sites for hydroxylation is 2. The van der Waals surface area contributed by atoms with Gasteiger partial charge in [0.25, 0.3) is 0 Å². The summed E-state index contributed by atoms with van der Waals surface area (Å²) in [5.41, 5.74) is 3.59. The minimum absolute atomic E-state index is 0.303. The molecule has 100 valence electrons. The number of aromatic nitrogens is 2. The average Bonchev–Trinajstić information content (AvgIpc) is 2.32. The first kappa shape index (κ1) is 14.1. The molecule has 0 aliphatic heterocycles. The van der Waals surface area contributed by atoms with Crippen LogP contribution in [-0.4, -0.2) is 17.0 Å². The molecular formula is C14H15BrFN3. The molecule has 5 heteroatoms. The number of nitrogens with zero attached hydrogens (tertiary/aromatic N) is 2. The number of nitrogens with one attached hydrogen (secondary N) is 1. The van der Waals surface area contributed by atoms with Crippen molar-refractivity contribution in [3.05, 3.63) is 45.4 Å². The van der Waals surface area contributed by atoms with Crippen molar-refractivity contribution in [1.29, 1.82) is 0 Å². The molecule has 2 rings (SSSR count). The third kappa shape index (κ3) is 3.16. The Morgan fingerprint density at radius 3 is 2.32 bits per heavy atom. The summed E-state index contributed by atoms with van der Waals surface area (Å²) >= 11 is 3.28. The van der Waals surface area contributed by atoms with Crippen LogP contribution in [0.1, 0.15) is 17.0 Å². The largest absolute Gasteiger partial charge is 0.316 e. The zero-order chi connectivity index (χ0) is 14.0. The molecule has 0 bridgehead atoms. The molecule has 2 aromatic rings. The SMILES string of the molecule is CNCc1c(C)nc(-c2cc(F)cc(Br)c2)nc1C. The third-order valence-electron chi connectivity index (χ3n) is 2.89. The fourth-order valence-electron chi connectivity index (χ4n) is 1.98. The Bertz CT molecular complexity index is 570. The Labute approximate surface area is 120 Å². The average molecular weight is 324 g/mol. The molecule has 0 fully saturated rings. The second-order valence-electron chi connectivity index (χ2n) is 4.39. The highest BCUT2D eigenvalue weighted by Gasteiger charge is 2.10. The molecule has 0 saturated carbocycles. The number of rotatable bonds is 3. The lowest BCUT2D eigenvalue weighted by atomic mass is 10.1. The van der Waals surface area contributed by atoms with Crippen molar-refractivity contribution in [1.82, 2.24) is 15.3 Å². The van der Waals surface area contributed by atoms with Crippen LogP contribution in [0.5, 0.6) is 0 Å². The third-order valence-corrected chi connectivity index (χ3v) is 3.35. The lowest BCUT2D eigenvalue weighted by molar-refractivity contribution is 0.627. The zero-order valence-corrected chi connectivity index (χ0v) is 12.7. The van der Waals surface area contributed by atoms with Crippen LogP contribution in [0.4, 0.5) is 4.39 Å². The van der Waals surface area contributed by atoms with Crippen molar-refractivity contribution < 1.29 is 4.39 Å². The maximum absolute atomic E-state index is 13.4. The van der Waals surface area contributed by atoms with Crippen LogP contribution in [0, 0.1) is 19.7 Å². The highest BCUT2D eigenvalue weighted by molar-refractivity contribution is 9.10. The van der Waals surface area contributed by atoms with E-state index in [0.29, 0.717) is 15.9 Å². The van der Waals surface area contributed by atoms with Crippen LogP contribution < -0.4 is 5.32 Å². The molecule has 0 atom stereocenters. The molecular weight excluding hydrogens is 309 g/mol. The van der Waals surface area contributed by atoms with E-state index in [4.69, 9.17) is 0 Å². The number of benzene rings is 1. The Kier molecular flexibility index (Phi) is 4.27. The highest BCUT2D eigenvalue weighted by Crippen LogP contribution is 2.23. The van der Waals surface area contributed by atoms with Gasteiger partial charge in [0.2, 0.25) is 0 Å². The van der Waals surface area contributed by atoms with Crippen molar-refractivity contribution in [3.8, 4) is 11.4 Å². The van der Waals surface area contributed by atoms with E-state index in [9.17, 15) is 4.39 Å². The molecule has 1 aromatic carbocycles. The van der Waals surface area contributed by atoms with Crippen LogP contribution in [0.15, 0.2) is 22.7 Å². The summed E-state index contributed by atoms with van der Waals surface area (Å²) in [6, 6.07) is 4.67. The van der Waals surface area contributed by atoms with Crippen molar-refractivity contribution >= 4 is 15.9 Å². The van der Waals surface area contributed by atoms with E-state index in [1.165, 1.54) is 12.1 Å². The normalized spacial score (nSPS) is 10.8. The number of hydrogen-bond acceptors (Lipinski definition) is 3. The van der Waals surface area contributed by atoms with E-state index in [1.807, 2.05) is 27.0 Å². The van der Waals surface area contributed by atoms with E-state index in [0.717, 1.165) is 23.5 Å². The number of hydrogen-bond donors (Lipinski definition) is 1. The van der Waals surface area contributed by atoms with E-state index >= 15 is 0 Å². The summed E-state index contributed by atoms with van der Waals surface area (Å²) in [7, 11) is 1.89. The molecule has 1 N–H and O–H groups in total. The van der Waals surface area contributed by atoms with Crippen LogP contribution in [0.25, 0.3) is 11.4 Å². The van der Waals surface area contributed by atoms with Gasteiger partial charge in [0, 0.05) is 33.5 Å². The van der Waals surface area contributed by atoms with Crippen molar-refractivity contribution in [3.63, 3.8) is 0 Å². The molecule has 0 spiro atoms. The standard InChI is InChI=1S/C14H15BrFN3/c1-8-13(7-17-3)9(2)19-14(18-8)10-4-11(15)6-12(16)5-10/h4-6,17H,7H2,1-3H3. The molecule has 0 saturated heterocycles. The molecule has 0 unspecified atom stereocenters. The van der Waals surface area contributed by atoms with Gasteiger partial charge >= 0.3 is 0 Å². The van der Waals surface area contributed by atoms with Crippen molar-refractivity contribution in [2.45, 2.75) is 20.4 Å². The van der Waals surface area contributed by atoms with E-state index in [1.54, 1.807) is 0 Å². The van der Waals surface area contributed by atoms with Crippen LogP contribution in [0.3, 0.4) is 0 Å². The molecule has 0 aliphatic rings. The maximum Gasteiger partial charge on any atom is 0.159 e. The minimum atomic E-state index is -0.303.